The van der Waals surface area contributed by atoms with E-state index in [4.69, 9.17) is 0 Å². The second-order valence-electron chi connectivity index (χ2n) is 5.35. The fraction of sp³-hybridized carbons (Fsp3) is 0.467. The Kier molecular flexibility index (Phi) is 4.74. The smallest absolute Gasteiger partial charge is 0.127 e. The predicted molar refractivity (Wildman–Crippen MR) is 81.5 cm³/mol. The Morgan fingerprint density at radius 1 is 1.35 bits per heavy atom. The van der Waals surface area contributed by atoms with Crippen LogP contribution in [0.2, 0.25) is 0 Å². The molecule has 0 fully saturated rings. The topological polar surface area (TPSA) is 46.0 Å². The number of nitrogens with zero attached hydrogens (tertiary/aromatic N) is 4. The van der Waals surface area contributed by atoms with Gasteiger partial charge in [-0.25, -0.2) is 4.98 Å². The number of aryl methyl sites for hydroxylation is 1. The SMILES string of the molecule is CC(C)NCc1cnccc1N(C)Cc1nccn1C. The minimum atomic E-state index is 0.461. The van der Waals surface area contributed by atoms with Gasteiger partial charge in [-0.05, 0) is 6.07 Å². The van der Waals surface area contributed by atoms with Gasteiger partial charge in [0.2, 0.25) is 0 Å². The van der Waals surface area contributed by atoms with E-state index in [9.17, 15) is 0 Å². The lowest BCUT2D eigenvalue weighted by Crippen LogP contribution is -2.25. The van der Waals surface area contributed by atoms with Crippen LogP contribution in [0.25, 0.3) is 0 Å². The van der Waals surface area contributed by atoms with Crippen LogP contribution in [-0.4, -0.2) is 27.6 Å². The van der Waals surface area contributed by atoms with E-state index < -0.39 is 0 Å². The predicted octanol–water partition coefficient (Wildman–Crippen LogP) is 1.95. The van der Waals surface area contributed by atoms with Gasteiger partial charge < -0.3 is 14.8 Å². The summed E-state index contributed by atoms with van der Waals surface area (Å²) in [6.45, 7) is 5.90. The highest BCUT2D eigenvalue weighted by Gasteiger charge is 2.10. The zero-order chi connectivity index (χ0) is 14.5. The van der Waals surface area contributed by atoms with Gasteiger partial charge in [-0.3, -0.25) is 4.98 Å². The molecule has 0 radical (unpaired) electrons. The minimum absolute atomic E-state index is 0.461. The van der Waals surface area contributed by atoms with E-state index in [-0.39, 0.29) is 0 Å². The van der Waals surface area contributed by atoms with Crippen LogP contribution in [0, 0.1) is 0 Å². The summed E-state index contributed by atoms with van der Waals surface area (Å²) in [6.07, 6.45) is 7.57. The first-order valence-corrected chi connectivity index (χ1v) is 6.91. The average Bonchev–Trinajstić information content (AvgIpc) is 2.82. The van der Waals surface area contributed by atoms with Gasteiger partial charge in [0, 0.05) is 62.7 Å². The molecule has 0 aromatic carbocycles. The molecule has 0 bridgehead atoms. The van der Waals surface area contributed by atoms with Gasteiger partial charge in [0.05, 0.1) is 6.54 Å². The summed E-state index contributed by atoms with van der Waals surface area (Å²) in [7, 11) is 4.10. The zero-order valence-electron chi connectivity index (χ0n) is 12.7. The Morgan fingerprint density at radius 2 is 2.15 bits per heavy atom. The van der Waals surface area contributed by atoms with Crippen LogP contribution in [0.4, 0.5) is 5.69 Å². The lowest BCUT2D eigenvalue weighted by Gasteiger charge is -2.22. The van der Waals surface area contributed by atoms with Crippen molar-refractivity contribution >= 4 is 5.69 Å². The normalized spacial score (nSPS) is 11.1. The Balaban J connectivity index is 2.12. The number of rotatable bonds is 6. The van der Waals surface area contributed by atoms with E-state index in [2.05, 4.69) is 47.1 Å². The maximum atomic E-state index is 4.38. The summed E-state index contributed by atoms with van der Waals surface area (Å²) >= 11 is 0. The summed E-state index contributed by atoms with van der Waals surface area (Å²) in [5.74, 6) is 1.05. The molecule has 5 heteroatoms. The number of nitrogens with one attached hydrogen (secondary N) is 1. The summed E-state index contributed by atoms with van der Waals surface area (Å²) < 4.78 is 2.05. The van der Waals surface area contributed by atoms with Crippen LogP contribution < -0.4 is 10.2 Å². The fourth-order valence-corrected chi connectivity index (χ4v) is 2.09. The van der Waals surface area contributed by atoms with Crippen molar-refractivity contribution in [1.82, 2.24) is 19.9 Å². The van der Waals surface area contributed by atoms with Crippen molar-refractivity contribution in [3.8, 4) is 0 Å². The fourth-order valence-electron chi connectivity index (χ4n) is 2.09. The van der Waals surface area contributed by atoms with Gasteiger partial charge in [0.25, 0.3) is 0 Å². The van der Waals surface area contributed by atoms with Crippen molar-refractivity contribution in [2.75, 3.05) is 11.9 Å². The van der Waals surface area contributed by atoms with Gasteiger partial charge in [-0.15, -0.1) is 0 Å². The lowest BCUT2D eigenvalue weighted by atomic mass is 10.2. The third-order valence-electron chi connectivity index (χ3n) is 3.29. The highest BCUT2D eigenvalue weighted by atomic mass is 15.2. The van der Waals surface area contributed by atoms with Crippen molar-refractivity contribution in [2.24, 2.45) is 7.05 Å². The van der Waals surface area contributed by atoms with Crippen molar-refractivity contribution < 1.29 is 0 Å². The molecule has 0 atom stereocenters. The van der Waals surface area contributed by atoms with E-state index in [0.29, 0.717) is 6.04 Å². The van der Waals surface area contributed by atoms with E-state index in [1.807, 2.05) is 36.4 Å². The largest absolute Gasteiger partial charge is 0.367 e. The molecule has 0 aliphatic heterocycles. The molecule has 2 aromatic heterocycles. The summed E-state index contributed by atoms with van der Waals surface area (Å²) in [6, 6.07) is 2.52. The molecule has 0 saturated carbocycles. The summed E-state index contributed by atoms with van der Waals surface area (Å²) in [4.78, 5) is 10.8. The van der Waals surface area contributed by atoms with Crippen LogP contribution in [-0.2, 0) is 20.1 Å². The molecular formula is C15H23N5. The number of pyridine rings is 1. The standard InChI is InChI=1S/C15H23N5/c1-12(2)18-10-13-9-16-6-5-14(13)20(4)11-15-17-7-8-19(15)3/h5-9,12,18H,10-11H2,1-4H3. The molecule has 2 rings (SSSR count). The van der Waals surface area contributed by atoms with E-state index in [0.717, 1.165) is 18.9 Å². The second-order valence-corrected chi connectivity index (χ2v) is 5.35. The van der Waals surface area contributed by atoms with Crippen LogP contribution in [0.15, 0.2) is 30.9 Å². The average molecular weight is 273 g/mol. The van der Waals surface area contributed by atoms with Crippen molar-refractivity contribution in [1.29, 1.82) is 0 Å². The third kappa shape index (κ3) is 3.57. The second kappa shape index (κ2) is 6.52. The maximum Gasteiger partial charge on any atom is 0.127 e. The number of aromatic nitrogens is 3. The van der Waals surface area contributed by atoms with Crippen molar-refractivity contribution in [2.45, 2.75) is 33.0 Å². The van der Waals surface area contributed by atoms with Crippen molar-refractivity contribution in [3.05, 3.63) is 42.2 Å². The first kappa shape index (κ1) is 14.5. The van der Waals surface area contributed by atoms with Crippen LogP contribution in [0.3, 0.4) is 0 Å². The zero-order valence-corrected chi connectivity index (χ0v) is 12.7. The Morgan fingerprint density at radius 3 is 2.80 bits per heavy atom. The van der Waals surface area contributed by atoms with Gasteiger partial charge >= 0.3 is 0 Å². The number of hydrogen-bond acceptors (Lipinski definition) is 4. The molecule has 2 aromatic rings. The quantitative estimate of drug-likeness (QED) is 0.874. The Hall–Kier alpha value is -1.88. The minimum Gasteiger partial charge on any atom is -0.367 e. The first-order valence-electron chi connectivity index (χ1n) is 6.91. The van der Waals surface area contributed by atoms with E-state index >= 15 is 0 Å². The number of anilines is 1. The Bertz CT molecular complexity index is 547. The van der Waals surface area contributed by atoms with Gasteiger partial charge in [-0.2, -0.15) is 0 Å². The van der Waals surface area contributed by atoms with Crippen LogP contribution in [0.1, 0.15) is 25.2 Å². The van der Waals surface area contributed by atoms with Gasteiger partial charge in [0.15, 0.2) is 0 Å². The first-order chi connectivity index (χ1) is 9.58. The van der Waals surface area contributed by atoms with Crippen LogP contribution in [0.5, 0.6) is 0 Å². The lowest BCUT2D eigenvalue weighted by molar-refractivity contribution is 0.587. The molecule has 20 heavy (non-hydrogen) atoms. The number of imidazole rings is 1. The molecule has 0 unspecified atom stereocenters. The van der Waals surface area contributed by atoms with Crippen molar-refractivity contribution in [3.63, 3.8) is 0 Å². The molecule has 0 aliphatic rings. The third-order valence-corrected chi connectivity index (χ3v) is 3.29. The molecule has 0 saturated heterocycles. The molecule has 5 nitrogen and oxygen atoms in total. The monoisotopic (exact) mass is 273 g/mol. The maximum absolute atomic E-state index is 4.38. The highest BCUT2D eigenvalue weighted by Crippen LogP contribution is 2.19. The summed E-state index contributed by atoms with van der Waals surface area (Å²) in [5.41, 5.74) is 2.40. The molecule has 1 N–H and O–H groups in total. The molecule has 108 valence electrons. The molecule has 0 spiro atoms. The summed E-state index contributed by atoms with van der Waals surface area (Å²) in [5, 5.41) is 3.44. The molecule has 0 aliphatic carbocycles. The van der Waals surface area contributed by atoms with Gasteiger partial charge in [0.1, 0.15) is 5.82 Å². The Labute approximate surface area is 120 Å². The van der Waals surface area contributed by atoms with Gasteiger partial charge in [-0.1, -0.05) is 13.8 Å². The molecule has 0 amide bonds. The van der Waals surface area contributed by atoms with Crippen LogP contribution >= 0.6 is 0 Å². The molecule has 2 heterocycles. The van der Waals surface area contributed by atoms with E-state index in [1.165, 1.54) is 11.3 Å². The van der Waals surface area contributed by atoms with E-state index in [1.54, 1.807) is 0 Å². The number of hydrogen-bond donors (Lipinski definition) is 1. The molecular weight excluding hydrogens is 250 g/mol. The highest BCUT2D eigenvalue weighted by molar-refractivity contribution is 5.51.